The number of hydrogen-bond acceptors (Lipinski definition) is 0. The summed E-state index contributed by atoms with van der Waals surface area (Å²) in [6.45, 7) is 0. The van der Waals surface area contributed by atoms with Gasteiger partial charge in [-0.1, -0.05) is 164 Å². The largest absolute Gasteiger partial charge is 0.0731 e. The highest BCUT2D eigenvalue weighted by molar-refractivity contribution is 6.23. The Labute approximate surface area is 307 Å². The predicted molar refractivity (Wildman–Crippen MR) is 223 cm³/mol. The van der Waals surface area contributed by atoms with Gasteiger partial charge in [0.05, 0.1) is 5.41 Å². The lowest BCUT2D eigenvalue weighted by Crippen LogP contribution is -2.26. The van der Waals surface area contributed by atoms with Crippen LogP contribution in [0, 0.1) is 0 Å². The monoisotopic (exact) mass is 666 g/mol. The number of benzene rings is 10. The van der Waals surface area contributed by atoms with Crippen LogP contribution in [0.4, 0.5) is 0 Å². The highest BCUT2D eigenvalue weighted by Crippen LogP contribution is 2.66. The minimum atomic E-state index is -0.445. The van der Waals surface area contributed by atoms with E-state index in [1.54, 1.807) is 0 Å². The molecule has 0 fully saturated rings. The van der Waals surface area contributed by atoms with Crippen LogP contribution in [0.2, 0.25) is 0 Å². The van der Waals surface area contributed by atoms with Gasteiger partial charge >= 0.3 is 0 Å². The predicted octanol–water partition coefficient (Wildman–Crippen LogP) is 14.0. The molecule has 1 spiro atoms. The third-order valence-corrected chi connectivity index (χ3v) is 12.8. The van der Waals surface area contributed by atoms with Crippen LogP contribution in [0.25, 0.3) is 98.7 Å². The number of hydrogen-bond donors (Lipinski definition) is 0. The first kappa shape index (κ1) is 27.9. The third kappa shape index (κ3) is 3.29. The van der Waals surface area contributed by atoms with E-state index < -0.39 is 5.41 Å². The molecule has 0 aliphatic heterocycles. The summed E-state index contributed by atoms with van der Waals surface area (Å²) in [6, 6.07) is 69.0. The molecule has 13 rings (SSSR count). The molecule has 0 bridgehead atoms. The van der Waals surface area contributed by atoms with E-state index >= 15 is 0 Å². The van der Waals surface area contributed by atoms with Crippen LogP contribution in [0.3, 0.4) is 0 Å². The van der Waals surface area contributed by atoms with Crippen LogP contribution in [-0.2, 0) is 5.41 Å². The van der Waals surface area contributed by atoms with Crippen LogP contribution in [0.5, 0.6) is 0 Å². The maximum absolute atomic E-state index is 2.50. The first-order chi connectivity index (χ1) is 26.3. The Hall–Kier alpha value is -6.76. The van der Waals surface area contributed by atoms with Crippen molar-refractivity contribution in [3.8, 4) is 55.6 Å². The Balaban J connectivity index is 1.18. The van der Waals surface area contributed by atoms with Gasteiger partial charge in [0.2, 0.25) is 0 Å². The van der Waals surface area contributed by atoms with E-state index in [0.717, 1.165) is 0 Å². The summed E-state index contributed by atoms with van der Waals surface area (Å²) in [4.78, 5) is 0. The molecule has 0 N–H and O–H groups in total. The first-order valence-electron chi connectivity index (χ1n) is 18.7. The van der Waals surface area contributed by atoms with Gasteiger partial charge in [-0.3, -0.25) is 0 Å². The summed E-state index contributed by atoms with van der Waals surface area (Å²) < 4.78 is 0. The van der Waals surface area contributed by atoms with E-state index in [4.69, 9.17) is 0 Å². The second kappa shape index (κ2) is 9.76. The molecule has 0 radical (unpaired) electrons. The zero-order valence-electron chi connectivity index (χ0n) is 28.8. The highest BCUT2D eigenvalue weighted by Gasteiger charge is 2.53. The van der Waals surface area contributed by atoms with Gasteiger partial charge in [0.15, 0.2) is 0 Å². The number of rotatable bonds is 1. The molecule has 3 aliphatic carbocycles. The van der Waals surface area contributed by atoms with Crippen LogP contribution in [0.1, 0.15) is 22.3 Å². The lowest BCUT2D eigenvalue weighted by Gasteiger charge is -2.32. The maximum Gasteiger partial charge on any atom is 0.0731 e. The maximum atomic E-state index is 2.50. The molecule has 242 valence electrons. The summed E-state index contributed by atoms with van der Waals surface area (Å²) in [5.41, 5.74) is 18.4. The molecule has 10 aromatic rings. The van der Waals surface area contributed by atoms with Crippen molar-refractivity contribution in [2.45, 2.75) is 5.41 Å². The van der Waals surface area contributed by atoms with Gasteiger partial charge in [-0.15, -0.1) is 0 Å². The van der Waals surface area contributed by atoms with Crippen molar-refractivity contribution in [2.24, 2.45) is 0 Å². The second-order valence-corrected chi connectivity index (χ2v) is 15.1. The van der Waals surface area contributed by atoms with Gasteiger partial charge in [0, 0.05) is 0 Å². The van der Waals surface area contributed by atoms with Crippen LogP contribution in [0.15, 0.2) is 182 Å². The summed E-state index contributed by atoms with van der Waals surface area (Å²) >= 11 is 0. The van der Waals surface area contributed by atoms with E-state index in [0.29, 0.717) is 0 Å². The minimum absolute atomic E-state index is 0.445. The molecule has 3 aliphatic rings. The molecule has 0 nitrogen and oxygen atoms in total. The van der Waals surface area contributed by atoms with Crippen LogP contribution >= 0.6 is 0 Å². The van der Waals surface area contributed by atoms with Crippen molar-refractivity contribution in [1.29, 1.82) is 0 Å². The van der Waals surface area contributed by atoms with Gasteiger partial charge in [-0.25, -0.2) is 0 Å². The van der Waals surface area contributed by atoms with Crippen LogP contribution < -0.4 is 0 Å². The normalized spacial score (nSPS) is 13.8. The van der Waals surface area contributed by atoms with Gasteiger partial charge in [0.1, 0.15) is 0 Å². The van der Waals surface area contributed by atoms with E-state index in [1.807, 2.05) is 0 Å². The number of fused-ring (bicyclic) bond motifs is 19. The summed E-state index contributed by atoms with van der Waals surface area (Å²) in [5.74, 6) is 0. The topological polar surface area (TPSA) is 0 Å². The van der Waals surface area contributed by atoms with Crippen molar-refractivity contribution < 1.29 is 0 Å². The van der Waals surface area contributed by atoms with Crippen molar-refractivity contribution >= 4 is 43.1 Å². The van der Waals surface area contributed by atoms with Crippen molar-refractivity contribution in [3.05, 3.63) is 204 Å². The average Bonchev–Trinajstić information content (AvgIpc) is 3.83. The zero-order chi connectivity index (χ0) is 34.4. The molecule has 53 heavy (non-hydrogen) atoms. The zero-order valence-corrected chi connectivity index (χ0v) is 28.8. The Kier molecular flexibility index (Phi) is 5.14. The average molecular weight is 667 g/mol. The van der Waals surface area contributed by atoms with E-state index in [9.17, 15) is 0 Å². The van der Waals surface area contributed by atoms with Crippen molar-refractivity contribution in [1.82, 2.24) is 0 Å². The summed E-state index contributed by atoms with van der Waals surface area (Å²) in [5, 5.41) is 10.5. The fourth-order valence-electron chi connectivity index (χ4n) is 10.8. The fourth-order valence-corrected chi connectivity index (χ4v) is 10.8. The van der Waals surface area contributed by atoms with Crippen molar-refractivity contribution in [3.63, 3.8) is 0 Å². The molecular weight excluding hydrogens is 637 g/mol. The Morgan fingerprint density at radius 3 is 1.60 bits per heavy atom. The van der Waals surface area contributed by atoms with Gasteiger partial charge in [-0.05, 0) is 139 Å². The van der Waals surface area contributed by atoms with E-state index in [-0.39, 0.29) is 0 Å². The fraction of sp³-hybridized carbons (Fsp3) is 0.0189. The summed E-state index contributed by atoms with van der Waals surface area (Å²) in [6.07, 6.45) is 0. The minimum Gasteiger partial charge on any atom is -0.0619 e. The van der Waals surface area contributed by atoms with E-state index in [2.05, 4.69) is 182 Å². The molecule has 0 unspecified atom stereocenters. The Bertz CT molecular complexity index is 3210. The molecule has 0 amide bonds. The quantitative estimate of drug-likeness (QED) is 0.153. The molecule has 0 heteroatoms. The molecule has 10 aromatic carbocycles. The van der Waals surface area contributed by atoms with Gasteiger partial charge in [-0.2, -0.15) is 0 Å². The Morgan fingerprint density at radius 2 is 0.849 bits per heavy atom. The third-order valence-electron chi connectivity index (χ3n) is 12.8. The lowest BCUT2D eigenvalue weighted by atomic mass is 9.69. The molecule has 0 atom stereocenters. The Morgan fingerprint density at radius 1 is 0.283 bits per heavy atom. The highest BCUT2D eigenvalue weighted by atomic mass is 14.5. The smallest absolute Gasteiger partial charge is 0.0619 e. The SMILES string of the molecule is c1ccc2c(c1)-c1cccc3c(-c4ccc5c6c(c7ccccc7c5c4)-c4cc5ccccc5cc4C64c5ccccc5-c5ccccc54)ccc-2c13. The van der Waals surface area contributed by atoms with Gasteiger partial charge < -0.3 is 0 Å². The van der Waals surface area contributed by atoms with Crippen molar-refractivity contribution in [2.75, 3.05) is 0 Å². The van der Waals surface area contributed by atoms with E-state index in [1.165, 1.54) is 121 Å². The van der Waals surface area contributed by atoms with Crippen LogP contribution in [-0.4, -0.2) is 0 Å². The lowest BCUT2D eigenvalue weighted by molar-refractivity contribution is 0.803. The first-order valence-corrected chi connectivity index (χ1v) is 18.7. The standard InChI is InChI=1S/C53H30/c1-2-13-32-30-49-46(28-31(32)12-1)51-42-19-6-5-16-37(42)45-29-33(34-26-27-43-36-15-4-3-14-35(36)41-21-11-20-40(34)50(41)43)24-25-44(45)52(51)53(49)47-22-9-7-17-38(47)39-18-8-10-23-48(39)53/h1-30H. The molecule has 0 heterocycles. The van der Waals surface area contributed by atoms with Gasteiger partial charge in [0.25, 0.3) is 0 Å². The molecule has 0 aromatic heterocycles. The summed E-state index contributed by atoms with van der Waals surface area (Å²) in [7, 11) is 0. The molecule has 0 saturated heterocycles. The molecule has 0 saturated carbocycles. The second-order valence-electron chi connectivity index (χ2n) is 15.1. The molecular formula is C53H30.